The monoisotopic (exact) mass is 418 g/mol. The zero-order valence-electron chi connectivity index (χ0n) is 15.7. The number of benzene rings is 1. The van der Waals surface area contributed by atoms with Gasteiger partial charge in [0.05, 0.1) is 5.69 Å². The van der Waals surface area contributed by atoms with Crippen molar-refractivity contribution in [1.29, 1.82) is 0 Å². The second-order valence-electron chi connectivity index (χ2n) is 6.73. The minimum Gasteiger partial charge on any atom is -0.322 e. The van der Waals surface area contributed by atoms with E-state index in [2.05, 4.69) is 15.6 Å². The summed E-state index contributed by atoms with van der Waals surface area (Å²) in [7, 11) is 0. The fourth-order valence-electron chi connectivity index (χ4n) is 3.27. The Morgan fingerprint density at radius 3 is 2.66 bits per heavy atom. The smallest absolute Gasteiger partial charge is 0.322 e. The summed E-state index contributed by atoms with van der Waals surface area (Å²) in [6, 6.07) is 7.90. The Kier molecular flexibility index (Phi) is 6.12. The first kappa shape index (κ1) is 20.7. The summed E-state index contributed by atoms with van der Waals surface area (Å²) in [6.07, 6.45) is 3.27. The van der Waals surface area contributed by atoms with Crippen molar-refractivity contribution in [2.75, 3.05) is 11.9 Å². The van der Waals surface area contributed by atoms with Gasteiger partial charge in [0, 0.05) is 6.20 Å². The molecule has 1 fully saturated rings. The van der Waals surface area contributed by atoms with Crippen LogP contribution in [0.5, 0.6) is 0 Å². The Morgan fingerprint density at radius 2 is 2.00 bits per heavy atom. The third-order valence-electron chi connectivity index (χ3n) is 4.75. The molecule has 152 valence electrons. The van der Waals surface area contributed by atoms with E-state index in [0.717, 1.165) is 11.3 Å². The molecule has 1 aliphatic rings. The number of pyridine rings is 1. The number of aromatic nitrogens is 1. The molecule has 2 aromatic rings. The molecule has 1 aliphatic heterocycles. The molecule has 1 saturated heterocycles. The van der Waals surface area contributed by atoms with Crippen LogP contribution >= 0.6 is 11.6 Å². The quantitative estimate of drug-likeness (QED) is 0.532. The Labute approximate surface area is 172 Å². The zero-order valence-corrected chi connectivity index (χ0v) is 16.5. The third kappa shape index (κ3) is 4.22. The maximum atomic E-state index is 13.4. The normalized spacial score (nSPS) is 18.7. The van der Waals surface area contributed by atoms with Gasteiger partial charge in [-0.3, -0.25) is 14.5 Å². The molecule has 0 radical (unpaired) electrons. The molecule has 0 aliphatic carbocycles. The molecule has 2 heterocycles. The summed E-state index contributed by atoms with van der Waals surface area (Å²) in [5.74, 6) is -1.58. The van der Waals surface area contributed by atoms with E-state index in [-0.39, 0.29) is 10.8 Å². The van der Waals surface area contributed by atoms with Crippen molar-refractivity contribution in [3.05, 3.63) is 59.1 Å². The molecule has 0 spiro atoms. The number of hydrogen-bond donors (Lipinski definition) is 2. The first-order chi connectivity index (χ1) is 13.9. The lowest BCUT2D eigenvalue weighted by atomic mass is 9.85. The standard InChI is InChI=1S/C20H20ClFN4O3/c1-2-3-10-20(13-6-8-14(22)9-7-13)18(28)26(19(29)25-20)12-16(27)24-15-5-4-11-23-17(15)21/h4-9,11H,2-3,10,12H2,1H3,(H,24,27)(H,25,29)/t20-/m1/s1. The van der Waals surface area contributed by atoms with Crippen LogP contribution in [0.15, 0.2) is 42.6 Å². The molecule has 4 amide bonds. The molecular weight excluding hydrogens is 399 g/mol. The fourth-order valence-corrected chi connectivity index (χ4v) is 3.43. The summed E-state index contributed by atoms with van der Waals surface area (Å²) < 4.78 is 13.4. The number of amides is 4. The number of imide groups is 1. The van der Waals surface area contributed by atoms with Crippen LogP contribution < -0.4 is 10.6 Å². The Morgan fingerprint density at radius 1 is 1.28 bits per heavy atom. The van der Waals surface area contributed by atoms with Gasteiger partial charge in [-0.1, -0.05) is 43.5 Å². The highest BCUT2D eigenvalue weighted by Gasteiger charge is 2.52. The van der Waals surface area contributed by atoms with Crippen molar-refractivity contribution in [3.63, 3.8) is 0 Å². The Bertz CT molecular complexity index is 938. The number of nitrogens with one attached hydrogen (secondary N) is 2. The largest absolute Gasteiger partial charge is 0.325 e. The highest BCUT2D eigenvalue weighted by Crippen LogP contribution is 2.34. The Balaban J connectivity index is 1.83. The lowest BCUT2D eigenvalue weighted by Gasteiger charge is -2.27. The number of urea groups is 1. The molecule has 2 N–H and O–H groups in total. The van der Waals surface area contributed by atoms with Crippen molar-refractivity contribution >= 4 is 35.1 Å². The molecule has 0 unspecified atom stereocenters. The molecule has 1 atom stereocenters. The molecular formula is C20H20ClFN4O3. The Hall–Kier alpha value is -3.00. The van der Waals surface area contributed by atoms with Crippen molar-refractivity contribution in [2.45, 2.75) is 31.7 Å². The summed E-state index contributed by atoms with van der Waals surface area (Å²) in [4.78, 5) is 42.9. The van der Waals surface area contributed by atoms with Crippen molar-refractivity contribution < 1.29 is 18.8 Å². The summed E-state index contributed by atoms with van der Waals surface area (Å²) in [5, 5.41) is 5.35. The molecule has 7 nitrogen and oxygen atoms in total. The molecule has 9 heteroatoms. The van der Waals surface area contributed by atoms with Gasteiger partial charge in [0.25, 0.3) is 5.91 Å². The van der Waals surface area contributed by atoms with E-state index < -0.39 is 35.7 Å². The predicted octanol–water partition coefficient (Wildman–Crippen LogP) is 3.45. The van der Waals surface area contributed by atoms with Gasteiger partial charge in [0.2, 0.25) is 5.91 Å². The molecule has 0 saturated carbocycles. The van der Waals surface area contributed by atoms with E-state index in [9.17, 15) is 18.8 Å². The van der Waals surface area contributed by atoms with E-state index in [4.69, 9.17) is 11.6 Å². The van der Waals surface area contributed by atoms with Crippen LogP contribution in [0.25, 0.3) is 0 Å². The summed E-state index contributed by atoms with van der Waals surface area (Å²) in [6.45, 7) is 1.48. The number of hydrogen-bond acceptors (Lipinski definition) is 4. The maximum absolute atomic E-state index is 13.4. The van der Waals surface area contributed by atoms with Gasteiger partial charge in [-0.05, 0) is 36.2 Å². The topological polar surface area (TPSA) is 91.4 Å². The number of unbranched alkanes of at least 4 members (excludes halogenated alkanes) is 1. The number of carbonyl (C=O) groups is 3. The SMILES string of the molecule is CCCC[C@]1(c2ccc(F)cc2)NC(=O)N(CC(=O)Nc2cccnc2Cl)C1=O. The van der Waals surface area contributed by atoms with Crippen LogP contribution in [-0.4, -0.2) is 34.3 Å². The van der Waals surface area contributed by atoms with Crippen LogP contribution in [0, 0.1) is 5.82 Å². The number of anilines is 1. The van der Waals surface area contributed by atoms with E-state index in [1.165, 1.54) is 30.5 Å². The van der Waals surface area contributed by atoms with Crippen LogP contribution in [0.4, 0.5) is 14.9 Å². The second-order valence-corrected chi connectivity index (χ2v) is 7.09. The van der Waals surface area contributed by atoms with Crippen molar-refractivity contribution in [3.8, 4) is 0 Å². The zero-order chi connectivity index (χ0) is 21.0. The predicted molar refractivity (Wildman–Crippen MR) is 106 cm³/mol. The van der Waals surface area contributed by atoms with Crippen molar-refractivity contribution in [2.24, 2.45) is 0 Å². The lowest BCUT2D eigenvalue weighted by Crippen LogP contribution is -2.44. The molecule has 1 aromatic heterocycles. The van der Waals surface area contributed by atoms with Gasteiger partial charge < -0.3 is 10.6 Å². The van der Waals surface area contributed by atoms with Gasteiger partial charge in [0.1, 0.15) is 17.9 Å². The number of rotatable bonds is 7. The van der Waals surface area contributed by atoms with Crippen molar-refractivity contribution in [1.82, 2.24) is 15.2 Å². The highest BCUT2D eigenvalue weighted by atomic mass is 35.5. The first-order valence-electron chi connectivity index (χ1n) is 9.18. The van der Waals surface area contributed by atoms with Gasteiger partial charge >= 0.3 is 6.03 Å². The van der Waals surface area contributed by atoms with Crippen LogP contribution in [-0.2, 0) is 15.1 Å². The molecule has 29 heavy (non-hydrogen) atoms. The molecule has 1 aromatic carbocycles. The van der Waals surface area contributed by atoms with Gasteiger partial charge in [-0.15, -0.1) is 0 Å². The minimum atomic E-state index is -1.33. The van der Waals surface area contributed by atoms with E-state index in [1.807, 2.05) is 6.92 Å². The fraction of sp³-hybridized carbons (Fsp3) is 0.300. The third-order valence-corrected chi connectivity index (χ3v) is 5.05. The van der Waals surface area contributed by atoms with E-state index in [1.54, 1.807) is 12.1 Å². The maximum Gasteiger partial charge on any atom is 0.325 e. The minimum absolute atomic E-state index is 0.0988. The number of nitrogens with zero attached hydrogens (tertiary/aromatic N) is 2. The van der Waals surface area contributed by atoms with Gasteiger partial charge in [0.15, 0.2) is 5.15 Å². The summed E-state index contributed by atoms with van der Waals surface area (Å²) in [5.41, 5.74) is -0.571. The van der Waals surface area contributed by atoms with Crippen LogP contribution in [0.3, 0.4) is 0 Å². The van der Waals surface area contributed by atoms with Gasteiger partial charge in [-0.2, -0.15) is 0 Å². The number of halogens is 2. The first-order valence-corrected chi connectivity index (χ1v) is 9.55. The highest BCUT2D eigenvalue weighted by molar-refractivity contribution is 6.32. The van der Waals surface area contributed by atoms with E-state index in [0.29, 0.717) is 18.4 Å². The number of carbonyl (C=O) groups excluding carboxylic acids is 3. The average Bonchev–Trinajstić information content (AvgIpc) is 2.94. The van der Waals surface area contributed by atoms with Gasteiger partial charge in [-0.25, -0.2) is 14.2 Å². The van der Waals surface area contributed by atoms with E-state index >= 15 is 0 Å². The second kappa shape index (κ2) is 8.57. The summed E-state index contributed by atoms with van der Waals surface area (Å²) >= 11 is 5.92. The molecule has 3 rings (SSSR count). The average molecular weight is 419 g/mol. The van der Waals surface area contributed by atoms with Crippen LogP contribution in [0.2, 0.25) is 5.15 Å². The lowest BCUT2D eigenvalue weighted by molar-refractivity contribution is -0.134. The molecule has 0 bridgehead atoms. The van der Waals surface area contributed by atoms with Crippen LogP contribution in [0.1, 0.15) is 31.7 Å².